The molecule has 0 bridgehead atoms. The van der Waals surface area contributed by atoms with Crippen molar-refractivity contribution in [3.63, 3.8) is 0 Å². The van der Waals surface area contributed by atoms with Crippen LogP contribution in [0.4, 0.5) is 0 Å². The third-order valence-corrected chi connectivity index (χ3v) is 7.42. The monoisotopic (exact) mass is 492 g/mol. The van der Waals surface area contributed by atoms with Gasteiger partial charge in [0.1, 0.15) is 5.76 Å². The highest BCUT2D eigenvalue weighted by atomic mass is 35.5. The van der Waals surface area contributed by atoms with Crippen LogP contribution in [0.5, 0.6) is 0 Å². The number of hydrogen-bond acceptors (Lipinski definition) is 6. The highest BCUT2D eigenvalue weighted by molar-refractivity contribution is 7.89. The normalized spacial score (nSPS) is 18.3. The molecule has 1 atom stereocenters. The van der Waals surface area contributed by atoms with Gasteiger partial charge in [0.15, 0.2) is 0 Å². The predicted molar refractivity (Wildman–Crippen MR) is 124 cm³/mol. The van der Waals surface area contributed by atoms with Crippen LogP contribution in [-0.2, 0) is 24.3 Å². The summed E-state index contributed by atoms with van der Waals surface area (Å²) in [7, 11) is 0.718. The zero-order chi connectivity index (χ0) is 24.3. The lowest BCUT2D eigenvalue weighted by atomic mass is 9.95. The maximum atomic E-state index is 13.0. The lowest BCUT2D eigenvalue weighted by Gasteiger charge is -2.25. The fourth-order valence-corrected chi connectivity index (χ4v) is 4.76. The van der Waals surface area contributed by atoms with E-state index in [-0.39, 0.29) is 28.3 Å². The number of ether oxygens (including phenoxy) is 1. The van der Waals surface area contributed by atoms with Crippen molar-refractivity contribution < 1.29 is 27.9 Å². The number of likely N-dealkylation sites (tertiary alicyclic amines) is 1. The number of halogens is 1. The summed E-state index contributed by atoms with van der Waals surface area (Å²) < 4.78 is 30.8. The van der Waals surface area contributed by atoms with E-state index in [0.717, 1.165) is 4.31 Å². The van der Waals surface area contributed by atoms with Crippen LogP contribution in [0.3, 0.4) is 0 Å². The Bertz CT molecular complexity index is 1190. The summed E-state index contributed by atoms with van der Waals surface area (Å²) in [5, 5.41) is 11.5. The van der Waals surface area contributed by atoms with Gasteiger partial charge in [-0.1, -0.05) is 23.7 Å². The van der Waals surface area contributed by atoms with Crippen molar-refractivity contribution in [2.45, 2.75) is 17.4 Å². The zero-order valence-corrected chi connectivity index (χ0v) is 20.1. The number of rotatable bonds is 8. The van der Waals surface area contributed by atoms with Crippen molar-refractivity contribution in [3.8, 4) is 0 Å². The summed E-state index contributed by atoms with van der Waals surface area (Å²) in [5.74, 6) is -1.94. The predicted octanol–water partition coefficient (Wildman–Crippen LogP) is 3.05. The summed E-state index contributed by atoms with van der Waals surface area (Å²) in [5.41, 5.74) is 0.713. The SMILES string of the molecule is COCCCN1C(=O)C(=O)C(=C(O)c2ccc(S(=O)(=O)N(C)C)cc2)[C@H]1c1cccc(Cl)c1. The number of ketones is 1. The summed E-state index contributed by atoms with van der Waals surface area (Å²) in [6.45, 7) is 0.638. The molecule has 1 amide bonds. The fraction of sp³-hybridized carbons (Fsp3) is 0.304. The van der Waals surface area contributed by atoms with Crippen molar-refractivity contribution >= 4 is 39.1 Å². The molecule has 176 valence electrons. The third-order valence-electron chi connectivity index (χ3n) is 5.36. The van der Waals surface area contributed by atoms with E-state index in [1.54, 1.807) is 31.4 Å². The maximum absolute atomic E-state index is 13.0. The molecular formula is C23H25ClN2O6S. The number of carbonyl (C=O) groups excluding carboxylic acids is 2. The van der Waals surface area contributed by atoms with Crippen molar-refractivity contribution in [2.24, 2.45) is 0 Å². The first-order chi connectivity index (χ1) is 15.6. The number of carbonyl (C=O) groups is 2. The molecule has 0 aliphatic carbocycles. The fourth-order valence-electron chi connectivity index (χ4n) is 3.66. The molecule has 33 heavy (non-hydrogen) atoms. The second kappa shape index (κ2) is 10.0. The molecule has 0 spiro atoms. The lowest BCUT2D eigenvalue weighted by molar-refractivity contribution is -0.140. The number of Topliss-reactive ketones (excluding diaryl/α,β-unsaturated/α-hetero) is 1. The highest BCUT2D eigenvalue weighted by Crippen LogP contribution is 2.40. The minimum Gasteiger partial charge on any atom is -0.507 e. The molecule has 0 radical (unpaired) electrons. The van der Waals surface area contributed by atoms with E-state index >= 15 is 0 Å². The van der Waals surface area contributed by atoms with Gasteiger partial charge in [-0.2, -0.15) is 0 Å². The number of aliphatic hydroxyl groups is 1. The second-order valence-corrected chi connectivity index (χ2v) is 10.3. The van der Waals surface area contributed by atoms with Crippen molar-refractivity contribution in [2.75, 3.05) is 34.4 Å². The summed E-state index contributed by atoms with van der Waals surface area (Å²) in [6, 6.07) is 11.4. The number of hydrogen-bond donors (Lipinski definition) is 1. The van der Waals surface area contributed by atoms with E-state index in [1.165, 1.54) is 43.3 Å². The minimum absolute atomic E-state index is 0.0375. The lowest BCUT2D eigenvalue weighted by Crippen LogP contribution is -2.31. The van der Waals surface area contributed by atoms with E-state index < -0.39 is 27.8 Å². The summed E-state index contributed by atoms with van der Waals surface area (Å²) >= 11 is 6.15. The van der Waals surface area contributed by atoms with Crippen LogP contribution in [0.25, 0.3) is 5.76 Å². The van der Waals surface area contributed by atoms with Gasteiger partial charge in [0.2, 0.25) is 10.0 Å². The quantitative estimate of drug-likeness (QED) is 0.263. The first-order valence-corrected chi connectivity index (χ1v) is 12.0. The van der Waals surface area contributed by atoms with Gasteiger partial charge >= 0.3 is 0 Å². The van der Waals surface area contributed by atoms with E-state index in [9.17, 15) is 23.1 Å². The van der Waals surface area contributed by atoms with Gasteiger partial charge in [0.25, 0.3) is 11.7 Å². The molecule has 1 aliphatic rings. The van der Waals surface area contributed by atoms with Gasteiger partial charge in [-0.3, -0.25) is 9.59 Å². The van der Waals surface area contributed by atoms with Gasteiger partial charge in [-0.15, -0.1) is 0 Å². The molecule has 3 rings (SSSR count). The number of sulfonamides is 1. The first kappa shape index (κ1) is 24.9. The van der Waals surface area contributed by atoms with E-state index in [2.05, 4.69) is 0 Å². The van der Waals surface area contributed by atoms with Gasteiger partial charge in [-0.25, -0.2) is 12.7 Å². The molecule has 1 heterocycles. The first-order valence-electron chi connectivity index (χ1n) is 10.2. The number of methoxy groups -OCH3 is 1. The summed E-state index contributed by atoms with van der Waals surface area (Å²) in [6.07, 6.45) is 0.498. The molecule has 1 fully saturated rings. The van der Waals surface area contributed by atoms with Gasteiger partial charge in [0, 0.05) is 44.9 Å². The average molecular weight is 493 g/mol. The molecular weight excluding hydrogens is 468 g/mol. The largest absolute Gasteiger partial charge is 0.507 e. The Balaban J connectivity index is 2.10. The second-order valence-electron chi connectivity index (χ2n) is 7.71. The van der Waals surface area contributed by atoms with Crippen LogP contribution < -0.4 is 0 Å². The van der Waals surface area contributed by atoms with Crippen LogP contribution in [0.15, 0.2) is 59.0 Å². The average Bonchev–Trinajstić information content (AvgIpc) is 3.03. The Morgan fingerprint density at radius 2 is 1.82 bits per heavy atom. The molecule has 1 aliphatic heterocycles. The Morgan fingerprint density at radius 1 is 1.15 bits per heavy atom. The molecule has 0 unspecified atom stereocenters. The van der Waals surface area contributed by atoms with E-state index in [4.69, 9.17) is 16.3 Å². The van der Waals surface area contributed by atoms with Crippen LogP contribution in [0.1, 0.15) is 23.6 Å². The standard InChI is InChI=1S/C23H25ClN2O6S/c1-25(2)33(30,31)18-10-8-15(9-11-18)21(27)19-20(16-6-4-7-17(24)14-16)26(12-5-13-32-3)23(29)22(19)28/h4,6-11,14,20,27H,5,12-13H2,1-3H3/t20-/m1/s1. The number of benzene rings is 2. The smallest absolute Gasteiger partial charge is 0.295 e. The molecule has 2 aromatic rings. The molecule has 1 N–H and O–H groups in total. The Labute approximate surface area is 198 Å². The van der Waals surface area contributed by atoms with Crippen LogP contribution >= 0.6 is 11.6 Å². The van der Waals surface area contributed by atoms with Crippen LogP contribution in [-0.4, -0.2) is 68.8 Å². The van der Waals surface area contributed by atoms with E-state index in [1.807, 2.05) is 0 Å². The zero-order valence-electron chi connectivity index (χ0n) is 18.5. The molecule has 8 nitrogen and oxygen atoms in total. The number of amides is 1. The van der Waals surface area contributed by atoms with Gasteiger partial charge < -0.3 is 14.7 Å². The minimum atomic E-state index is -3.66. The van der Waals surface area contributed by atoms with Crippen molar-refractivity contribution in [3.05, 3.63) is 70.3 Å². The third kappa shape index (κ3) is 4.96. The summed E-state index contributed by atoms with van der Waals surface area (Å²) in [4.78, 5) is 27.2. The molecule has 0 saturated carbocycles. The molecule has 10 heteroatoms. The maximum Gasteiger partial charge on any atom is 0.295 e. The van der Waals surface area contributed by atoms with Crippen molar-refractivity contribution in [1.82, 2.24) is 9.21 Å². The number of nitrogens with zero attached hydrogens (tertiary/aromatic N) is 2. The molecule has 1 saturated heterocycles. The molecule has 0 aromatic heterocycles. The number of aliphatic hydroxyl groups excluding tert-OH is 1. The molecule has 2 aromatic carbocycles. The Hall–Kier alpha value is -2.72. The van der Waals surface area contributed by atoms with Crippen LogP contribution in [0.2, 0.25) is 5.02 Å². The van der Waals surface area contributed by atoms with Gasteiger partial charge in [0.05, 0.1) is 16.5 Å². The van der Waals surface area contributed by atoms with Crippen molar-refractivity contribution in [1.29, 1.82) is 0 Å². The Kier molecular flexibility index (Phi) is 7.58. The highest BCUT2D eigenvalue weighted by Gasteiger charge is 2.45. The van der Waals surface area contributed by atoms with E-state index in [0.29, 0.717) is 23.6 Å². The van der Waals surface area contributed by atoms with Crippen LogP contribution in [0, 0.1) is 0 Å². The topological polar surface area (TPSA) is 104 Å². The Morgan fingerprint density at radius 3 is 2.39 bits per heavy atom. The van der Waals surface area contributed by atoms with Gasteiger partial charge in [-0.05, 0) is 48.4 Å².